The van der Waals surface area contributed by atoms with Gasteiger partial charge in [-0.05, 0) is 24.3 Å². The lowest BCUT2D eigenvalue weighted by atomic mass is 10.3. The van der Waals surface area contributed by atoms with Crippen molar-refractivity contribution in [3.05, 3.63) is 48.7 Å². The molecule has 0 saturated carbocycles. The van der Waals surface area contributed by atoms with Crippen LogP contribution in [0.1, 0.15) is 0 Å². The number of hydrogen-bond acceptors (Lipinski definition) is 3. The van der Waals surface area contributed by atoms with Gasteiger partial charge in [-0.25, -0.2) is 9.19 Å². The van der Waals surface area contributed by atoms with Gasteiger partial charge in [0.1, 0.15) is 21.6 Å². The minimum absolute atomic E-state index is 0.534. The lowest BCUT2D eigenvalue weighted by Crippen LogP contribution is -1.98. The molecule has 2 aromatic rings. The summed E-state index contributed by atoms with van der Waals surface area (Å²) in [4.78, 5) is 4.72. The van der Waals surface area contributed by atoms with E-state index in [1.807, 2.05) is 18.2 Å². The first-order chi connectivity index (χ1) is 7.83. The fourth-order valence-corrected chi connectivity index (χ4v) is 2.46. The van der Waals surface area contributed by atoms with Gasteiger partial charge in [0.2, 0.25) is 0 Å². The average molecular weight is 233 g/mol. The zero-order valence-electron chi connectivity index (χ0n) is 8.79. The van der Waals surface area contributed by atoms with E-state index in [1.54, 1.807) is 37.6 Å². The second-order valence-electron chi connectivity index (χ2n) is 3.09. The van der Waals surface area contributed by atoms with Crippen LogP contribution >= 0.6 is 0 Å². The number of para-hydroxylation sites is 1. The minimum atomic E-state index is -1.29. The smallest absolute Gasteiger partial charge is 0.135 e. The largest absolute Gasteiger partial charge is 0.495 e. The molecule has 0 saturated heterocycles. The summed E-state index contributed by atoms with van der Waals surface area (Å²) in [5.41, 5.74) is 0. The van der Waals surface area contributed by atoms with E-state index in [1.165, 1.54) is 0 Å². The molecule has 0 radical (unpaired) electrons. The van der Waals surface area contributed by atoms with Crippen molar-refractivity contribution >= 4 is 10.8 Å². The number of pyridine rings is 1. The number of rotatable bonds is 3. The standard InChI is InChI=1S/C12H11NO2S/c1-15-10-6-2-3-7-11(10)16(14)12-8-4-5-9-13-12/h2-9H,1H3. The first kappa shape index (κ1) is 10.8. The predicted molar refractivity (Wildman–Crippen MR) is 61.9 cm³/mol. The highest BCUT2D eigenvalue weighted by atomic mass is 32.2. The summed E-state index contributed by atoms with van der Waals surface area (Å²) in [6, 6.07) is 12.6. The van der Waals surface area contributed by atoms with Crippen molar-refractivity contribution in [1.82, 2.24) is 4.98 Å². The Morgan fingerprint density at radius 3 is 2.56 bits per heavy atom. The first-order valence-corrected chi connectivity index (χ1v) is 5.93. The summed E-state index contributed by atoms with van der Waals surface area (Å²) in [6.07, 6.45) is 1.63. The Morgan fingerprint density at radius 1 is 1.12 bits per heavy atom. The van der Waals surface area contributed by atoms with Gasteiger partial charge >= 0.3 is 0 Å². The zero-order valence-corrected chi connectivity index (χ0v) is 9.61. The molecule has 1 atom stereocenters. The second kappa shape index (κ2) is 4.90. The fraction of sp³-hybridized carbons (Fsp3) is 0.0833. The van der Waals surface area contributed by atoms with E-state index >= 15 is 0 Å². The molecule has 1 aromatic carbocycles. The molecule has 82 valence electrons. The monoisotopic (exact) mass is 233 g/mol. The van der Waals surface area contributed by atoms with Crippen LogP contribution < -0.4 is 4.74 Å². The summed E-state index contributed by atoms with van der Waals surface area (Å²) >= 11 is 0. The Hall–Kier alpha value is -1.68. The molecule has 0 aliphatic rings. The van der Waals surface area contributed by atoms with Gasteiger partial charge in [-0.3, -0.25) is 0 Å². The molecule has 1 unspecified atom stereocenters. The Balaban J connectivity index is 2.42. The van der Waals surface area contributed by atoms with Crippen LogP contribution in [0, 0.1) is 0 Å². The van der Waals surface area contributed by atoms with Gasteiger partial charge in [0.15, 0.2) is 0 Å². The summed E-state index contributed by atoms with van der Waals surface area (Å²) in [6.45, 7) is 0. The molecular weight excluding hydrogens is 222 g/mol. The maximum atomic E-state index is 12.2. The maximum absolute atomic E-state index is 12.2. The van der Waals surface area contributed by atoms with Crippen LogP contribution in [0.2, 0.25) is 0 Å². The fourth-order valence-electron chi connectivity index (χ4n) is 1.34. The average Bonchev–Trinajstić information content (AvgIpc) is 2.39. The molecule has 1 heterocycles. The maximum Gasteiger partial charge on any atom is 0.135 e. The summed E-state index contributed by atoms with van der Waals surface area (Å²) in [5, 5.41) is 0.534. The van der Waals surface area contributed by atoms with E-state index in [9.17, 15) is 4.21 Å². The Morgan fingerprint density at radius 2 is 1.88 bits per heavy atom. The number of aromatic nitrogens is 1. The molecule has 0 bridgehead atoms. The summed E-state index contributed by atoms with van der Waals surface area (Å²) < 4.78 is 17.4. The molecule has 4 heteroatoms. The number of methoxy groups -OCH3 is 1. The zero-order chi connectivity index (χ0) is 11.4. The van der Waals surface area contributed by atoms with Crippen LogP contribution in [0.25, 0.3) is 0 Å². The number of nitrogens with zero attached hydrogens (tertiary/aromatic N) is 1. The Kier molecular flexibility index (Phi) is 3.31. The molecule has 1 aromatic heterocycles. The third-order valence-electron chi connectivity index (χ3n) is 2.10. The van der Waals surface area contributed by atoms with Gasteiger partial charge in [-0.15, -0.1) is 0 Å². The number of ether oxygens (including phenoxy) is 1. The summed E-state index contributed by atoms with van der Waals surface area (Å²) in [5.74, 6) is 0.617. The van der Waals surface area contributed by atoms with E-state index in [-0.39, 0.29) is 0 Å². The SMILES string of the molecule is COc1ccccc1S(=O)c1ccccn1. The second-order valence-corrected chi connectivity index (χ2v) is 4.48. The highest BCUT2D eigenvalue weighted by Gasteiger charge is 2.12. The van der Waals surface area contributed by atoms with Gasteiger partial charge in [-0.1, -0.05) is 18.2 Å². The minimum Gasteiger partial charge on any atom is -0.495 e. The number of benzene rings is 1. The van der Waals surface area contributed by atoms with Gasteiger partial charge in [0.05, 0.1) is 12.0 Å². The molecule has 0 spiro atoms. The van der Waals surface area contributed by atoms with Crippen molar-refractivity contribution in [3.8, 4) is 5.75 Å². The third kappa shape index (κ3) is 2.12. The van der Waals surface area contributed by atoms with Crippen molar-refractivity contribution in [3.63, 3.8) is 0 Å². The van der Waals surface area contributed by atoms with E-state index in [4.69, 9.17) is 4.74 Å². The summed E-state index contributed by atoms with van der Waals surface area (Å²) in [7, 11) is 0.270. The van der Waals surface area contributed by atoms with Gasteiger partial charge < -0.3 is 4.74 Å². The Labute approximate surface area is 96.6 Å². The van der Waals surface area contributed by atoms with Crippen LogP contribution in [-0.4, -0.2) is 16.3 Å². The first-order valence-electron chi connectivity index (χ1n) is 4.79. The molecule has 0 aliphatic carbocycles. The molecule has 3 nitrogen and oxygen atoms in total. The molecule has 0 amide bonds. The highest BCUT2D eigenvalue weighted by Crippen LogP contribution is 2.24. The normalized spacial score (nSPS) is 12.1. The quantitative estimate of drug-likeness (QED) is 0.816. The topological polar surface area (TPSA) is 39.2 Å². The van der Waals surface area contributed by atoms with E-state index in [0.29, 0.717) is 15.7 Å². The third-order valence-corrected chi connectivity index (χ3v) is 3.45. The molecule has 0 fully saturated rings. The van der Waals surface area contributed by atoms with E-state index in [0.717, 1.165) is 0 Å². The van der Waals surface area contributed by atoms with Gasteiger partial charge in [-0.2, -0.15) is 0 Å². The van der Waals surface area contributed by atoms with Crippen LogP contribution in [0.5, 0.6) is 5.75 Å². The van der Waals surface area contributed by atoms with Gasteiger partial charge in [0.25, 0.3) is 0 Å². The van der Waals surface area contributed by atoms with Crippen molar-refractivity contribution in [2.24, 2.45) is 0 Å². The lowest BCUT2D eigenvalue weighted by molar-refractivity contribution is 0.404. The van der Waals surface area contributed by atoms with Gasteiger partial charge in [0, 0.05) is 6.20 Å². The molecule has 0 N–H and O–H groups in total. The van der Waals surface area contributed by atoms with Crippen molar-refractivity contribution in [2.75, 3.05) is 7.11 Å². The van der Waals surface area contributed by atoms with Crippen LogP contribution in [0.3, 0.4) is 0 Å². The highest BCUT2D eigenvalue weighted by molar-refractivity contribution is 7.85. The molecule has 16 heavy (non-hydrogen) atoms. The lowest BCUT2D eigenvalue weighted by Gasteiger charge is -2.06. The van der Waals surface area contributed by atoms with Crippen LogP contribution in [-0.2, 0) is 10.8 Å². The predicted octanol–water partition coefficient (Wildman–Crippen LogP) is 2.26. The van der Waals surface area contributed by atoms with Crippen LogP contribution in [0.4, 0.5) is 0 Å². The van der Waals surface area contributed by atoms with Crippen molar-refractivity contribution < 1.29 is 8.95 Å². The number of hydrogen-bond donors (Lipinski definition) is 0. The van der Waals surface area contributed by atoms with E-state index in [2.05, 4.69) is 4.98 Å². The van der Waals surface area contributed by atoms with Crippen molar-refractivity contribution in [2.45, 2.75) is 9.92 Å². The van der Waals surface area contributed by atoms with Crippen LogP contribution in [0.15, 0.2) is 58.6 Å². The Bertz CT molecular complexity index is 499. The molecule has 2 rings (SSSR count). The van der Waals surface area contributed by atoms with Crippen molar-refractivity contribution in [1.29, 1.82) is 0 Å². The van der Waals surface area contributed by atoms with E-state index < -0.39 is 10.8 Å². The molecule has 0 aliphatic heterocycles. The molecular formula is C12H11NO2S.